The summed E-state index contributed by atoms with van der Waals surface area (Å²) in [5, 5.41) is 6.92. The van der Waals surface area contributed by atoms with Crippen molar-refractivity contribution in [3.63, 3.8) is 0 Å². The van der Waals surface area contributed by atoms with Crippen molar-refractivity contribution in [2.75, 3.05) is 13.1 Å². The summed E-state index contributed by atoms with van der Waals surface area (Å²) in [4.78, 5) is 4.13. The maximum Gasteiger partial charge on any atom is 0.231 e. The lowest BCUT2D eigenvalue weighted by Crippen LogP contribution is -2.28. The smallest absolute Gasteiger partial charge is 0.231 e. The van der Waals surface area contributed by atoms with Gasteiger partial charge in [-0.15, -0.1) is 0 Å². The number of piperidine rings is 1. The Hall–Kier alpha value is -1.82. The predicted molar refractivity (Wildman–Crippen MR) is 64.5 cm³/mol. The molecule has 1 atom stereocenters. The highest BCUT2D eigenvalue weighted by atomic mass is 19.1. The first-order chi connectivity index (χ1) is 9.25. The molecule has 4 nitrogen and oxygen atoms in total. The Kier molecular flexibility index (Phi) is 3.25. The second-order valence-corrected chi connectivity index (χ2v) is 4.60. The van der Waals surface area contributed by atoms with Crippen molar-refractivity contribution in [1.29, 1.82) is 0 Å². The van der Waals surface area contributed by atoms with E-state index in [1.165, 1.54) is 18.2 Å². The number of hydrogen-bond acceptors (Lipinski definition) is 4. The molecular weight excluding hydrogens is 252 g/mol. The zero-order valence-corrected chi connectivity index (χ0v) is 10.2. The van der Waals surface area contributed by atoms with Crippen LogP contribution in [0, 0.1) is 11.6 Å². The van der Waals surface area contributed by atoms with Crippen LogP contribution in [0.4, 0.5) is 8.78 Å². The minimum absolute atomic E-state index is 0.0313. The third-order valence-corrected chi connectivity index (χ3v) is 3.27. The molecule has 1 fully saturated rings. The molecule has 2 heterocycles. The number of aromatic nitrogens is 2. The van der Waals surface area contributed by atoms with Gasteiger partial charge in [0.25, 0.3) is 0 Å². The molecule has 0 aliphatic carbocycles. The highest BCUT2D eigenvalue weighted by Crippen LogP contribution is 2.27. The highest BCUT2D eigenvalue weighted by molar-refractivity contribution is 5.56. The summed E-state index contributed by atoms with van der Waals surface area (Å²) in [5.74, 6) is -0.853. The summed E-state index contributed by atoms with van der Waals surface area (Å²) >= 11 is 0. The van der Waals surface area contributed by atoms with Gasteiger partial charge in [0.2, 0.25) is 11.7 Å². The van der Waals surface area contributed by atoms with Crippen LogP contribution in [0.1, 0.15) is 24.7 Å². The molecular formula is C13H13F2N3O. The molecule has 0 bridgehead atoms. The molecule has 0 spiro atoms. The quantitative estimate of drug-likeness (QED) is 0.906. The lowest BCUT2D eigenvalue weighted by molar-refractivity contribution is 0.322. The highest BCUT2D eigenvalue weighted by Gasteiger charge is 2.23. The molecule has 0 radical (unpaired) electrons. The summed E-state index contributed by atoms with van der Waals surface area (Å²) in [6.45, 7) is 1.72. The van der Waals surface area contributed by atoms with Crippen molar-refractivity contribution in [2.24, 2.45) is 0 Å². The molecule has 6 heteroatoms. The van der Waals surface area contributed by atoms with Crippen LogP contribution in [0.3, 0.4) is 0 Å². The Bertz CT molecular complexity index is 559. The molecule has 0 amide bonds. The van der Waals surface area contributed by atoms with E-state index in [1.54, 1.807) is 0 Å². The average Bonchev–Trinajstić information content (AvgIpc) is 2.89. The third-order valence-electron chi connectivity index (χ3n) is 3.27. The molecule has 1 aromatic heterocycles. The average molecular weight is 265 g/mol. The second kappa shape index (κ2) is 5.05. The van der Waals surface area contributed by atoms with Crippen LogP contribution in [-0.2, 0) is 0 Å². The lowest BCUT2D eigenvalue weighted by Gasteiger charge is -2.18. The zero-order valence-electron chi connectivity index (χ0n) is 10.2. The maximum absolute atomic E-state index is 13.6. The van der Waals surface area contributed by atoms with Gasteiger partial charge in [-0.1, -0.05) is 11.2 Å². The molecule has 100 valence electrons. The van der Waals surface area contributed by atoms with E-state index in [2.05, 4.69) is 15.5 Å². The fourth-order valence-corrected chi connectivity index (χ4v) is 2.28. The van der Waals surface area contributed by atoms with Gasteiger partial charge < -0.3 is 9.84 Å². The van der Waals surface area contributed by atoms with Gasteiger partial charge in [0.1, 0.15) is 11.6 Å². The van der Waals surface area contributed by atoms with Crippen LogP contribution in [0.15, 0.2) is 22.7 Å². The number of nitrogens with zero attached hydrogens (tertiary/aromatic N) is 2. The topological polar surface area (TPSA) is 51.0 Å². The van der Waals surface area contributed by atoms with Crippen LogP contribution in [0.5, 0.6) is 0 Å². The number of nitrogens with one attached hydrogen (secondary N) is 1. The lowest BCUT2D eigenvalue weighted by atomic mass is 10.00. The van der Waals surface area contributed by atoms with Crippen molar-refractivity contribution in [1.82, 2.24) is 15.5 Å². The molecule has 1 saturated heterocycles. The van der Waals surface area contributed by atoms with E-state index in [9.17, 15) is 8.78 Å². The molecule has 1 aliphatic rings. The van der Waals surface area contributed by atoms with Crippen LogP contribution in [0.25, 0.3) is 11.4 Å². The Labute approximate surface area is 108 Å². The van der Waals surface area contributed by atoms with E-state index >= 15 is 0 Å². The SMILES string of the molecule is Fc1cccc(F)c1-c1noc([C@@H]2CCCNC2)n1. The first kappa shape index (κ1) is 12.2. The molecule has 1 aromatic carbocycles. The number of hydrogen-bond donors (Lipinski definition) is 1. The third kappa shape index (κ3) is 2.35. The minimum Gasteiger partial charge on any atom is -0.339 e. The van der Waals surface area contributed by atoms with Crippen molar-refractivity contribution < 1.29 is 13.3 Å². The molecule has 1 N–H and O–H groups in total. The molecule has 3 rings (SSSR count). The van der Waals surface area contributed by atoms with E-state index in [0.29, 0.717) is 5.89 Å². The standard InChI is InChI=1S/C13H13F2N3O/c14-9-4-1-5-10(15)11(9)12-17-13(19-18-12)8-3-2-6-16-7-8/h1,4-5,8,16H,2-3,6-7H2/t8-/m1/s1. The second-order valence-electron chi connectivity index (χ2n) is 4.60. The molecule has 0 saturated carbocycles. The Morgan fingerprint density at radius 3 is 2.74 bits per heavy atom. The van der Waals surface area contributed by atoms with Crippen molar-refractivity contribution in [3.8, 4) is 11.4 Å². The van der Waals surface area contributed by atoms with Gasteiger partial charge in [-0.05, 0) is 31.5 Å². The van der Waals surface area contributed by atoms with Gasteiger partial charge in [0, 0.05) is 6.54 Å². The van der Waals surface area contributed by atoms with Crippen molar-refractivity contribution >= 4 is 0 Å². The van der Waals surface area contributed by atoms with E-state index in [1.807, 2.05) is 0 Å². The van der Waals surface area contributed by atoms with Crippen LogP contribution < -0.4 is 5.32 Å². The van der Waals surface area contributed by atoms with Gasteiger partial charge >= 0.3 is 0 Å². The van der Waals surface area contributed by atoms with E-state index in [4.69, 9.17) is 4.52 Å². The summed E-state index contributed by atoms with van der Waals surface area (Å²) in [6, 6.07) is 3.66. The van der Waals surface area contributed by atoms with E-state index < -0.39 is 11.6 Å². The van der Waals surface area contributed by atoms with Gasteiger partial charge in [0.05, 0.1) is 11.5 Å². The Balaban J connectivity index is 1.92. The van der Waals surface area contributed by atoms with E-state index in [-0.39, 0.29) is 17.3 Å². The molecule has 1 aliphatic heterocycles. The Morgan fingerprint density at radius 1 is 1.26 bits per heavy atom. The van der Waals surface area contributed by atoms with Crippen LogP contribution in [0.2, 0.25) is 0 Å². The van der Waals surface area contributed by atoms with Crippen molar-refractivity contribution in [2.45, 2.75) is 18.8 Å². The summed E-state index contributed by atoms with van der Waals surface area (Å²) in [7, 11) is 0. The fraction of sp³-hybridized carbons (Fsp3) is 0.385. The molecule has 19 heavy (non-hydrogen) atoms. The minimum atomic E-state index is -0.686. The number of rotatable bonds is 2. The Morgan fingerprint density at radius 2 is 2.05 bits per heavy atom. The number of benzene rings is 1. The summed E-state index contributed by atoms with van der Waals surface area (Å²) in [6.07, 6.45) is 1.96. The number of halogens is 2. The molecule has 0 unspecified atom stereocenters. The van der Waals surface area contributed by atoms with E-state index in [0.717, 1.165) is 25.9 Å². The van der Waals surface area contributed by atoms with Gasteiger partial charge in [-0.3, -0.25) is 0 Å². The van der Waals surface area contributed by atoms with Gasteiger partial charge in [-0.25, -0.2) is 8.78 Å². The maximum atomic E-state index is 13.6. The largest absolute Gasteiger partial charge is 0.339 e. The fourth-order valence-electron chi connectivity index (χ4n) is 2.28. The summed E-state index contributed by atoms with van der Waals surface area (Å²) < 4.78 is 32.4. The first-order valence-electron chi connectivity index (χ1n) is 6.24. The van der Waals surface area contributed by atoms with Crippen LogP contribution >= 0.6 is 0 Å². The first-order valence-corrected chi connectivity index (χ1v) is 6.24. The van der Waals surface area contributed by atoms with Crippen LogP contribution in [-0.4, -0.2) is 23.2 Å². The van der Waals surface area contributed by atoms with Gasteiger partial charge in [-0.2, -0.15) is 4.98 Å². The normalized spacial score (nSPS) is 19.6. The zero-order chi connectivity index (χ0) is 13.2. The molecule has 2 aromatic rings. The van der Waals surface area contributed by atoms with Gasteiger partial charge in [0.15, 0.2) is 0 Å². The van der Waals surface area contributed by atoms with Crippen molar-refractivity contribution in [3.05, 3.63) is 35.7 Å². The predicted octanol–water partition coefficient (Wildman–Crippen LogP) is 2.48. The summed E-state index contributed by atoms with van der Waals surface area (Å²) in [5.41, 5.74) is -0.235. The monoisotopic (exact) mass is 265 g/mol.